The summed E-state index contributed by atoms with van der Waals surface area (Å²) in [6.07, 6.45) is 0.890. The van der Waals surface area contributed by atoms with Gasteiger partial charge in [-0.2, -0.15) is 0 Å². The van der Waals surface area contributed by atoms with E-state index in [1.54, 1.807) is 13.8 Å². The quantitative estimate of drug-likeness (QED) is 0.764. The molecule has 0 aliphatic heterocycles. The highest BCUT2D eigenvalue weighted by molar-refractivity contribution is 7.90. The van der Waals surface area contributed by atoms with E-state index in [0.717, 1.165) is 18.4 Å². The number of benzene rings is 1. The predicted molar refractivity (Wildman–Crippen MR) is 79.7 cm³/mol. The fourth-order valence-electron chi connectivity index (χ4n) is 1.90. The number of aromatic nitrogens is 2. The van der Waals surface area contributed by atoms with Crippen molar-refractivity contribution < 1.29 is 27.1 Å². The predicted octanol–water partition coefficient (Wildman–Crippen LogP) is 1.75. The molecule has 0 saturated carbocycles. The van der Waals surface area contributed by atoms with Gasteiger partial charge in [0.2, 0.25) is 11.6 Å². The first kappa shape index (κ1) is 17.1. The van der Waals surface area contributed by atoms with Crippen LogP contribution in [0.1, 0.15) is 24.3 Å². The standard InChI is InChI=1S/C14H15FN2O5S/c1-4-21-13-12(14(18)22-5-2)16-9-6-8(15)11(23(3,19)20)7-10(9)17-13/h6-7H,4-5H2,1-3H3. The van der Waals surface area contributed by atoms with Crippen molar-refractivity contribution in [2.45, 2.75) is 18.7 Å². The Morgan fingerprint density at radius 1 is 1.17 bits per heavy atom. The number of esters is 1. The lowest BCUT2D eigenvalue weighted by Gasteiger charge is -2.10. The molecule has 1 heterocycles. The number of carbonyl (C=O) groups is 1. The zero-order valence-electron chi connectivity index (χ0n) is 12.8. The smallest absolute Gasteiger partial charge is 0.362 e. The Morgan fingerprint density at radius 2 is 1.83 bits per heavy atom. The number of hydrogen-bond acceptors (Lipinski definition) is 7. The normalized spacial score (nSPS) is 11.5. The first-order valence-electron chi connectivity index (χ1n) is 6.79. The summed E-state index contributed by atoms with van der Waals surface area (Å²) >= 11 is 0. The van der Waals surface area contributed by atoms with Crippen LogP contribution in [0.2, 0.25) is 0 Å². The molecule has 0 unspecified atom stereocenters. The van der Waals surface area contributed by atoms with Gasteiger partial charge in [0.15, 0.2) is 9.84 Å². The second-order valence-electron chi connectivity index (χ2n) is 4.57. The minimum atomic E-state index is -3.76. The van der Waals surface area contributed by atoms with Crippen molar-refractivity contribution in [1.82, 2.24) is 9.97 Å². The summed E-state index contributed by atoms with van der Waals surface area (Å²) in [6, 6.07) is 1.97. The molecule has 0 fully saturated rings. The van der Waals surface area contributed by atoms with E-state index in [-0.39, 0.29) is 35.8 Å². The third-order valence-corrected chi connectivity index (χ3v) is 3.95. The van der Waals surface area contributed by atoms with Crippen molar-refractivity contribution in [1.29, 1.82) is 0 Å². The lowest BCUT2D eigenvalue weighted by Crippen LogP contribution is -2.12. The summed E-state index contributed by atoms with van der Waals surface area (Å²) in [4.78, 5) is 19.5. The maximum atomic E-state index is 14.0. The van der Waals surface area contributed by atoms with Crippen molar-refractivity contribution in [3.63, 3.8) is 0 Å². The molecule has 2 aromatic rings. The number of sulfone groups is 1. The molecule has 0 radical (unpaired) electrons. The molecule has 0 spiro atoms. The molecule has 0 bridgehead atoms. The van der Waals surface area contributed by atoms with Gasteiger partial charge < -0.3 is 9.47 Å². The van der Waals surface area contributed by atoms with E-state index >= 15 is 0 Å². The van der Waals surface area contributed by atoms with Crippen molar-refractivity contribution in [2.24, 2.45) is 0 Å². The monoisotopic (exact) mass is 342 g/mol. The van der Waals surface area contributed by atoms with Gasteiger partial charge in [-0.25, -0.2) is 27.6 Å². The van der Waals surface area contributed by atoms with E-state index in [9.17, 15) is 17.6 Å². The second kappa shape index (κ2) is 6.45. The van der Waals surface area contributed by atoms with Gasteiger partial charge in [0.05, 0.1) is 24.2 Å². The Labute approximate surface area is 132 Å². The molecule has 9 heteroatoms. The molecule has 0 aliphatic carbocycles. The number of carbonyl (C=O) groups excluding carboxylic acids is 1. The molecule has 2 rings (SSSR count). The van der Waals surface area contributed by atoms with E-state index in [1.165, 1.54) is 0 Å². The molecule has 0 atom stereocenters. The molecule has 0 saturated heterocycles. The number of nitrogens with zero attached hydrogens (tertiary/aromatic N) is 2. The molecule has 0 N–H and O–H groups in total. The van der Waals surface area contributed by atoms with Crippen LogP contribution >= 0.6 is 0 Å². The van der Waals surface area contributed by atoms with Crippen LogP contribution < -0.4 is 4.74 Å². The van der Waals surface area contributed by atoms with Crippen molar-refractivity contribution in [2.75, 3.05) is 19.5 Å². The van der Waals surface area contributed by atoms with Crippen LogP contribution in [0, 0.1) is 5.82 Å². The van der Waals surface area contributed by atoms with E-state index in [1.807, 2.05) is 0 Å². The molecule has 124 valence electrons. The van der Waals surface area contributed by atoms with Crippen LogP contribution in [0.25, 0.3) is 11.0 Å². The summed E-state index contributed by atoms with van der Waals surface area (Å²) < 4.78 is 47.2. The number of fused-ring (bicyclic) bond motifs is 1. The molecule has 23 heavy (non-hydrogen) atoms. The molecule has 1 aromatic carbocycles. The van der Waals surface area contributed by atoms with Gasteiger partial charge >= 0.3 is 5.97 Å². The molecule has 0 aliphatic rings. The zero-order valence-corrected chi connectivity index (χ0v) is 13.6. The lowest BCUT2D eigenvalue weighted by atomic mass is 10.2. The third-order valence-electron chi connectivity index (χ3n) is 2.84. The number of rotatable bonds is 5. The van der Waals surface area contributed by atoms with Crippen molar-refractivity contribution in [3.05, 3.63) is 23.6 Å². The van der Waals surface area contributed by atoms with Crippen LogP contribution in [-0.2, 0) is 14.6 Å². The van der Waals surface area contributed by atoms with Crippen molar-refractivity contribution in [3.8, 4) is 5.88 Å². The molecule has 7 nitrogen and oxygen atoms in total. The van der Waals surface area contributed by atoms with Crippen LogP contribution in [0.15, 0.2) is 17.0 Å². The van der Waals surface area contributed by atoms with E-state index in [4.69, 9.17) is 9.47 Å². The Kier molecular flexibility index (Phi) is 4.79. The summed E-state index contributed by atoms with van der Waals surface area (Å²) in [5.74, 6) is -1.81. The fourth-order valence-corrected chi connectivity index (χ4v) is 2.63. The first-order valence-corrected chi connectivity index (χ1v) is 8.68. The van der Waals surface area contributed by atoms with Crippen LogP contribution in [-0.4, -0.2) is 43.8 Å². The fraction of sp³-hybridized carbons (Fsp3) is 0.357. The third kappa shape index (κ3) is 3.55. The van der Waals surface area contributed by atoms with Gasteiger partial charge in [0, 0.05) is 12.3 Å². The molecular weight excluding hydrogens is 327 g/mol. The molecule has 0 amide bonds. The lowest BCUT2D eigenvalue weighted by molar-refractivity contribution is 0.0514. The highest BCUT2D eigenvalue weighted by Gasteiger charge is 2.22. The number of ether oxygens (including phenoxy) is 2. The Balaban J connectivity index is 2.71. The van der Waals surface area contributed by atoms with Gasteiger partial charge in [-0.3, -0.25) is 0 Å². The summed E-state index contributed by atoms with van der Waals surface area (Å²) in [5, 5.41) is 0. The highest BCUT2D eigenvalue weighted by atomic mass is 32.2. The van der Waals surface area contributed by atoms with Gasteiger partial charge in [0.25, 0.3) is 0 Å². The Bertz CT molecular complexity index is 867. The number of hydrogen-bond donors (Lipinski definition) is 0. The minimum Gasteiger partial charge on any atom is -0.476 e. The Morgan fingerprint density at radius 3 is 2.39 bits per heavy atom. The largest absolute Gasteiger partial charge is 0.476 e. The highest BCUT2D eigenvalue weighted by Crippen LogP contribution is 2.24. The van der Waals surface area contributed by atoms with E-state index < -0.39 is 26.5 Å². The maximum Gasteiger partial charge on any atom is 0.362 e. The van der Waals surface area contributed by atoms with Crippen molar-refractivity contribution >= 4 is 26.8 Å². The van der Waals surface area contributed by atoms with Crippen LogP contribution in [0.5, 0.6) is 5.88 Å². The van der Waals surface area contributed by atoms with Gasteiger partial charge in [-0.15, -0.1) is 0 Å². The molecule has 1 aromatic heterocycles. The minimum absolute atomic E-state index is 0.0291. The average Bonchev–Trinajstić information content (AvgIpc) is 2.45. The number of halogens is 1. The topological polar surface area (TPSA) is 95.5 Å². The average molecular weight is 342 g/mol. The van der Waals surface area contributed by atoms with Gasteiger partial charge in [0.1, 0.15) is 10.7 Å². The maximum absolute atomic E-state index is 14.0. The second-order valence-corrected chi connectivity index (χ2v) is 6.56. The van der Waals surface area contributed by atoms with E-state index in [0.29, 0.717) is 0 Å². The van der Waals surface area contributed by atoms with Crippen LogP contribution in [0.4, 0.5) is 4.39 Å². The Hall–Kier alpha value is -2.29. The summed E-state index contributed by atoms with van der Waals surface area (Å²) in [7, 11) is -3.76. The van der Waals surface area contributed by atoms with Gasteiger partial charge in [-0.05, 0) is 19.9 Å². The summed E-state index contributed by atoms with van der Waals surface area (Å²) in [6.45, 7) is 3.66. The summed E-state index contributed by atoms with van der Waals surface area (Å²) in [5.41, 5.74) is -0.0579. The van der Waals surface area contributed by atoms with Crippen LogP contribution in [0.3, 0.4) is 0 Å². The van der Waals surface area contributed by atoms with Gasteiger partial charge in [-0.1, -0.05) is 0 Å². The zero-order chi connectivity index (χ0) is 17.2. The molecular formula is C14H15FN2O5S. The SMILES string of the molecule is CCOC(=O)c1nc2cc(F)c(S(C)(=O)=O)cc2nc1OCC. The van der Waals surface area contributed by atoms with E-state index in [2.05, 4.69) is 9.97 Å². The first-order chi connectivity index (χ1) is 10.8.